The maximum Gasteiger partial charge on any atom is 0.141 e. The highest BCUT2D eigenvalue weighted by Gasteiger charge is 2.25. The standard InChI is InChI=1S/C15H19FN6/c1-17-14-7-15(21-10-20-14)22-6-2-3-12(22)9-19-13-5-4-11(16)8-18-13/h4-5,7-8,10,12H,2-3,6,9H2,1H3,(H,18,19)(H,17,20,21). The second-order valence-electron chi connectivity index (χ2n) is 5.24. The van der Waals surface area contributed by atoms with Crippen molar-refractivity contribution in [3.8, 4) is 0 Å². The smallest absolute Gasteiger partial charge is 0.141 e. The van der Waals surface area contributed by atoms with Crippen LogP contribution in [-0.2, 0) is 0 Å². The van der Waals surface area contributed by atoms with E-state index < -0.39 is 0 Å². The molecule has 1 fully saturated rings. The molecule has 0 amide bonds. The van der Waals surface area contributed by atoms with E-state index in [1.165, 1.54) is 12.3 Å². The van der Waals surface area contributed by atoms with Gasteiger partial charge in [0.15, 0.2) is 0 Å². The van der Waals surface area contributed by atoms with Gasteiger partial charge >= 0.3 is 0 Å². The molecule has 116 valence electrons. The summed E-state index contributed by atoms with van der Waals surface area (Å²) >= 11 is 0. The van der Waals surface area contributed by atoms with Crippen molar-refractivity contribution in [1.29, 1.82) is 0 Å². The molecule has 0 bridgehead atoms. The highest BCUT2D eigenvalue weighted by atomic mass is 19.1. The number of hydrogen-bond acceptors (Lipinski definition) is 6. The van der Waals surface area contributed by atoms with Crippen LogP contribution >= 0.6 is 0 Å². The summed E-state index contributed by atoms with van der Waals surface area (Å²) < 4.78 is 12.9. The molecule has 0 spiro atoms. The molecular formula is C15H19FN6. The molecule has 22 heavy (non-hydrogen) atoms. The Morgan fingerprint density at radius 3 is 2.95 bits per heavy atom. The first-order valence-corrected chi connectivity index (χ1v) is 7.38. The van der Waals surface area contributed by atoms with E-state index in [-0.39, 0.29) is 5.82 Å². The third kappa shape index (κ3) is 3.24. The Morgan fingerprint density at radius 2 is 2.18 bits per heavy atom. The van der Waals surface area contributed by atoms with E-state index in [0.29, 0.717) is 11.9 Å². The van der Waals surface area contributed by atoms with E-state index in [0.717, 1.165) is 37.6 Å². The van der Waals surface area contributed by atoms with Crippen molar-refractivity contribution in [3.05, 3.63) is 36.5 Å². The first kappa shape index (κ1) is 14.5. The molecule has 1 aliphatic heterocycles. The highest BCUT2D eigenvalue weighted by Crippen LogP contribution is 2.25. The first-order valence-electron chi connectivity index (χ1n) is 7.38. The molecule has 0 saturated carbocycles. The molecule has 1 unspecified atom stereocenters. The fourth-order valence-corrected chi connectivity index (χ4v) is 2.69. The lowest BCUT2D eigenvalue weighted by atomic mass is 10.2. The summed E-state index contributed by atoms with van der Waals surface area (Å²) in [5.41, 5.74) is 0. The van der Waals surface area contributed by atoms with Crippen LogP contribution in [0.4, 0.5) is 21.8 Å². The van der Waals surface area contributed by atoms with Gasteiger partial charge in [0, 0.05) is 32.2 Å². The zero-order chi connectivity index (χ0) is 15.4. The number of nitrogens with one attached hydrogen (secondary N) is 2. The summed E-state index contributed by atoms with van der Waals surface area (Å²) in [6.07, 6.45) is 5.01. The molecule has 3 rings (SSSR count). The Morgan fingerprint density at radius 1 is 1.27 bits per heavy atom. The summed E-state index contributed by atoms with van der Waals surface area (Å²) in [7, 11) is 1.84. The zero-order valence-corrected chi connectivity index (χ0v) is 12.5. The van der Waals surface area contributed by atoms with Gasteiger partial charge in [-0.3, -0.25) is 0 Å². The van der Waals surface area contributed by atoms with Crippen LogP contribution in [0.5, 0.6) is 0 Å². The van der Waals surface area contributed by atoms with Gasteiger partial charge in [-0.2, -0.15) is 0 Å². The van der Waals surface area contributed by atoms with E-state index in [1.807, 2.05) is 13.1 Å². The SMILES string of the molecule is CNc1cc(N2CCCC2CNc2ccc(F)cn2)ncn1. The van der Waals surface area contributed by atoms with Gasteiger partial charge in [0.2, 0.25) is 0 Å². The van der Waals surface area contributed by atoms with Gasteiger partial charge in [0.1, 0.15) is 29.6 Å². The van der Waals surface area contributed by atoms with E-state index in [1.54, 1.807) is 12.4 Å². The number of pyridine rings is 1. The van der Waals surface area contributed by atoms with Gasteiger partial charge in [-0.05, 0) is 25.0 Å². The molecule has 0 radical (unpaired) electrons. The van der Waals surface area contributed by atoms with Crippen molar-refractivity contribution < 1.29 is 4.39 Å². The minimum Gasteiger partial charge on any atom is -0.373 e. The monoisotopic (exact) mass is 302 g/mol. The van der Waals surface area contributed by atoms with E-state index >= 15 is 0 Å². The van der Waals surface area contributed by atoms with Gasteiger partial charge in [0.25, 0.3) is 0 Å². The van der Waals surface area contributed by atoms with Crippen molar-refractivity contribution in [2.75, 3.05) is 35.7 Å². The van der Waals surface area contributed by atoms with Crippen LogP contribution in [-0.4, -0.2) is 41.1 Å². The maximum atomic E-state index is 12.9. The third-order valence-electron chi connectivity index (χ3n) is 3.83. The van der Waals surface area contributed by atoms with Gasteiger partial charge in [-0.15, -0.1) is 0 Å². The van der Waals surface area contributed by atoms with Crippen molar-refractivity contribution >= 4 is 17.5 Å². The predicted molar refractivity (Wildman–Crippen MR) is 84.6 cm³/mol. The van der Waals surface area contributed by atoms with E-state index in [9.17, 15) is 4.39 Å². The van der Waals surface area contributed by atoms with Crippen LogP contribution < -0.4 is 15.5 Å². The Kier molecular flexibility index (Phi) is 4.32. The molecule has 0 aliphatic carbocycles. The molecule has 2 aromatic rings. The van der Waals surface area contributed by atoms with Crippen LogP contribution in [0.2, 0.25) is 0 Å². The molecule has 7 heteroatoms. The molecular weight excluding hydrogens is 283 g/mol. The molecule has 0 aromatic carbocycles. The minimum atomic E-state index is -0.325. The zero-order valence-electron chi connectivity index (χ0n) is 12.5. The lowest BCUT2D eigenvalue weighted by Gasteiger charge is -2.26. The van der Waals surface area contributed by atoms with Crippen LogP contribution in [0.25, 0.3) is 0 Å². The molecule has 2 aromatic heterocycles. The Labute approximate surface area is 128 Å². The average molecular weight is 302 g/mol. The summed E-state index contributed by atoms with van der Waals surface area (Å²) in [5.74, 6) is 2.10. The fourth-order valence-electron chi connectivity index (χ4n) is 2.69. The number of anilines is 3. The summed E-state index contributed by atoms with van der Waals surface area (Å²) in [4.78, 5) is 14.8. The first-order chi connectivity index (χ1) is 10.8. The van der Waals surface area contributed by atoms with Crippen LogP contribution in [0.3, 0.4) is 0 Å². The topological polar surface area (TPSA) is 66.0 Å². The largest absolute Gasteiger partial charge is 0.373 e. The van der Waals surface area contributed by atoms with E-state index in [2.05, 4.69) is 30.5 Å². The molecule has 6 nitrogen and oxygen atoms in total. The molecule has 2 N–H and O–H groups in total. The fraction of sp³-hybridized carbons (Fsp3) is 0.400. The van der Waals surface area contributed by atoms with Gasteiger partial charge < -0.3 is 15.5 Å². The normalized spacial score (nSPS) is 17.5. The Balaban J connectivity index is 1.66. The number of rotatable bonds is 5. The third-order valence-corrected chi connectivity index (χ3v) is 3.83. The second-order valence-corrected chi connectivity index (χ2v) is 5.24. The Bertz CT molecular complexity index is 618. The van der Waals surface area contributed by atoms with Crippen molar-refractivity contribution in [2.45, 2.75) is 18.9 Å². The van der Waals surface area contributed by atoms with Crippen molar-refractivity contribution in [3.63, 3.8) is 0 Å². The van der Waals surface area contributed by atoms with Crippen LogP contribution in [0.15, 0.2) is 30.7 Å². The lowest BCUT2D eigenvalue weighted by Crippen LogP contribution is -2.35. The molecule has 3 heterocycles. The van der Waals surface area contributed by atoms with Crippen molar-refractivity contribution in [2.24, 2.45) is 0 Å². The number of aromatic nitrogens is 3. The quantitative estimate of drug-likeness (QED) is 0.882. The molecule has 1 atom stereocenters. The van der Waals surface area contributed by atoms with Crippen molar-refractivity contribution in [1.82, 2.24) is 15.0 Å². The number of hydrogen-bond donors (Lipinski definition) is 2. The minimum absolute atomic E-state index is 0.325. The van der Waals surface area contributed by atoms with Crippen LogP contribution in [0.1, 0.15) is 12.8 Å². The molecule has 1 aliphatic rings. The van der Waals surface area contributed by atoms with E-state index in [4.69, 9.17) is 0 Å². The Hall–Kier alpha value is -2.44. The maximum absolute atomic E-state index is 12.9. The summed E-state index contributed by atoms with van der Waals surface area (Å²) in [5, 5.41) is 6.29. The second kappa shape index (κ2) is 6.55. The lowest BCUT2D eigenvalue weighted by molar-refractivity contribution is 0.621. The summed E-state index contributed by atoms with van der Waals surface area (Å²) in [6, 6.07) is 5.35. The highest BCUT2D eigenvalue weighted by molar-refractivity contribution is 5.50. The number of nitrogens with zero attached hydrogens (tertiary/aromatic N) is 4. The van der Waals surface area contributed by atoms with Gasteiger partial charge in [-0.25, -0.2) is 19.3 Å². The van der Waals surface area contributed by atoms with Gasteiger partial charge in [0.05, 0.1) is 6.20 Å². The predicted octanol–water partition coefficient (Wildman–Crippen LogP) is 2.13. The van der Waals surface area contributed by atoms with Crippen LogP contribution in [0, 0.1) is 5.82 Å². The molecule has 1 saturated heterocycles. The van der Waals surface area contributed by atoms with Gasteiger partial charge in [-0.1, -0.05) is 0 Å². The summed E-state index contributed by atoms with van der Waals surface area (Å²) in [6.45, 7) is 1.72. The average Bonchev–Trinajstić information content (AvgIpc) is 3.03. The number of halogens is 1.